The smallest absolute Gasteiger partial charge is 0.237 e. The summed E-state index contributed by atoms with van der Waals surface area (Å²) in [6.45, 7) is 3.83. The summed E-state index contributed by atoms with van der Waals surface area (Å²) in [4.78, 5) is 13.1. The van der Waals surface area contributed by atoms with Gasteiger partial charge in [0.05, 0.1) is 13.2 Å². The SMILES string of the molecule is COc1ccccc1SCC(C)CNC(=O)C1CCCN1. The zero-order valence-electron chi connectivity index (χ0n) is 12.7. The van der Waals surface area contributed by atoms with Crippen LogP contribution in [-0.4, -0.2) is 37.9 Å². The van der Waals surface area contributed by atoms with Gasteiger partial charge < -0.3 is 15.4 Å². The van der Waals surface area contributed by atoms with Crippen molar-refractivity contribution in [3.8, 4) is 5.75 Å². The van der Waals surface area contributed by atoms with E-state index in [9.17, 15) is 4.79 Å². The summed E-state index contributed by atoms with van der Waals surface area (Å²) in [6.07, 6.45) is 2.05. The van der Waals surface area contributed by atoms with Crippen LogP contribution in [0.2, 0.25) is 0 Å². The predicted molar refractivity (Wildman–Crippen MR) is 86.9 cm³/mol. The number of ether oxygens (including phenoxy) is 1. The Kier molecular flexibility index (Phi) is 6.39. The Morgan fingerprint density at radius 3 is 3.05 bits per heavy atom. The van der Waals surface area contributed by atoms with Crippen LogP contribution >= 0.6 is 11.8 Å². The molecule has 2 unspecified atom stereocenters. The van der Waals surface area contributed by atoms with Crippen LogP contribution in [0, 0.1) is 5.92 Å². The summed E-state index contributed by atoms with van der Waals surface area (Å²) in [7, 11) is 1.69. The lowest BCUT2D eigenvalue weighted by Gasteiger charge is -2.16. The van der Waals surface area contributed by atoms with Crippen molar-refractivity contribution in [2.75, 3.05) is 26.0 Å². The third kappa shape index (κ3) is 4.93. The normalized spacial score (nSPS) is 19.2. The highest BCUT2D eigenvalue weighted by Crippen LogP contribution is 2.29. The maximum absolute atomic E-state index is 11.9. The largest absolute Gasteiger partial charge is 0.496 e. The van der Waals surface area contributed by atoms with Crippen LogP contribution in [0.5, 0.6) is 5.75 Å². The highest BCUT2D eigenvalue weighted by molar-refractivity contribution is 7.99. The second-order valence-corrected chi connectivity index (χ2v) is 6.52. The van der Waals surface area contributed by atoms with Crippen molar-refractivity contribution >= 4 is 17.7 Å². The number of para-hydroxylation sites is 1. The van der Waals surface area contributed by atoms with Gasteiger partial charge in [0.15, 0.2) is 0 Å². The predicted octanol–water partition coefficient (Wildman–Crippen LogP) is 2.29. The third-order valence-electron chi connectivity index (χ3n) is 3.59. The lowest BCUT2D eigenvalue weighted by molar-refractivity contribution is -0.122. The highest BCUT2D eigenvalue weighted by atomic mass is 32.2. The molecule has 1 amide bonds. The molecular weight excluding hydrogens is 284 g/mol. The van der Waals surface area contributed by atoms with Crippen LogP contribution in [-0.2, 0) is 4.79 Å². The van der Waals surface area contributed by atoms with Gasteiger partial charge in [-0.1, -0.05) is 19.1 Å². The Morgan fingerprint density at radius 1 is 1.52 bits per heavy atom. The summed E-state index contributed by atoms with van der Waals surface area (Å²) in [5, 5.41) is 6.26. The lowest BCUT2D eigenvalue weighted by Crippen LogP contribution is -2.42. The molecule has 0 bridgehead atoms. The first-order chi connectivity index (χ1) is 10.2. The molecule has 21 heavy (non-hydrogen) atoms. The van der Waals surface area contributed by atoms with E-state index < -0.39 is 0 Å². The Labute approximate surface area is 131 Å². The molecule has 1 aliphatic rings. The minimum absolute atomic E-state index is 0.0130. The van der Waals surface area contributed by atoms with E-state index in [0.717, 1.165) is 42.3 Å². The van der Waals surface area contributed by atoms with E-state index in [2.05, 4.69) is 23.6 Å². The fraction of sp³-hybridized carbons (Fsp3) is 0.562. The number of benzene rings is 1. The summed E-state index contributed by atoms with van der Waals surface area (Å²) in [5.41, 5.74) is 0. The van der Waals surface area contributed by atoms with Crippen LogP contribution in [0.4, 0.5) is 0 Å². The van der Waals surface area contributed by atoms with Crippen molar-refractivity contribution in [3.63, 3.8) is 0 Å². The molecule has 1 fully saturated rings. The molecule has 1 aliphatic heterocycles. The first-order valence-corrected chi connectivity index (χ1v) is 8.46. The van der Waals surface area contributed by atoms with E-state index in [4.69, 9.17) is 4.74 Å². The molecule has 0 aromatic heterocycles. The van der Waals surface area contributed by atoms with E-state index >= 15 is 0 Å². The van der Waals surface area contributed by atoms with Crippen molar-refractivity contribution in [1.82, 2.24) is 10.6 Å². The van der Waals surface area contributed by atoms with Gasteiger partial charge in [-0.15, -0.1) is 11.8 Å². The zero-order valence-corrected chi connectivity index (χ0v) is 13.5. The molecule has 5 heteroatoms. The molecule has 0 radical (unpaired) electrons. The Balaban J connectivity index is 1.71. The molecule has 2 N–H and O–H groups in total. The quantitative estimate of drug-likeness (QED) is 0.759. The minimum atomic E-state index is 0.0130. The minimum Gasteiger partial charge on any atom is -0.496 e. The van der Waals surface area contributed by atoms with E-state index in [-0.39, 0.29) is 11.9 Å². The molecule has 0 spiro atoms. The molecule has 116 valence electrons. The standard InChI is InChI=1S/C16H24N2O2S/c1-12(10-18-16(19)13-6-5-9-17-13)11-21-15-8-4-3-7-14(15)20-2/h3-4,7-8,12-13,17H,5-6,9-11H2,1-2H3,(H,18,19). The van der Waals surface area contributed by atoms with Gasteiger partial charge in [-0.25, -0.2) is 0 Å². The van der Waals surface area contributed by atoms with Crippen molar-refractivity contribution in [2.24, 2.45) is 5.92 Å². The molecule has 2 rings (SSSR count). The molecule has 2 atom stereocenters. The summed E-state index contributed by atoms with van der Waals surface area (Å²) in [5.74, 6) is 2.43. The first kappa shape index (κ1) is 16.2. The van der Waals surface area contributed by atoms with Gasteiger partial charge in [0.1, 0.15) is 5.75 Å². The van der Waals surface area contributed by atoms with Crippen LogP contribution in [0.25, 0.3) is 0 Å². The molecule has 0 saturated carbocycles. The Morgan fingerprint density at radius 2 is 2.33 bits per heavy atom. The van der Waals surface area contributed by atoms with Gasteiger partial charge in [-0.3, -0.25) is 4.79 Å². The van der Waals surface area contributed by atoms with Gasteiger partial charge >= 0.3 is 0 Å². The Bertz CT molecular complexity index is 461. The molecule has 1 heterocycles. The monoisotopic (exact) mass is 308 g/mol. The maximum Gasteiger partial charge on any atom is 0.237 e. The number of amides is 1. The lowest BCUT2D eigenvalue weighted by atomic mass is 10.2. The summed E-state index contributed by atoms with van der Waals surface area (Å²) >= 11 is 1.77. The average Bonchev–Trinajstić information content (AvgIpc) is 3.05. The summed E-state index contributed by atoms with van der Waals surface area (Å²) < 4.78 is 5.34. The second kappa shape index (κ2) is 8.29. The van der Waals surface area contributed by atoms with Gasteiger partial charge in [-0.2, -0.15) is 0 Å². The molecule has 1 aromatic rings. The topological polar surface area (TPSA) is 50.4 Å². The van der Waals surface area contributed by atoms with E-state index in [1.165, 1.54) is 0 Å². The van der Waals surface area contributed by atoms with Crippen LogP contribution in [0.15, 0.2) is 29.2 Å². The Hall–Kier alpha value is -1.20. The number of thioether (sulfide) groups is 1. The van der Waals surface area contributed by atoms with Crippen LogP contribution < -0.4 is 15.4 Å². The van der Waals surface area contributed by atoms with Crippen molar-refractivity contribution < 1.29 is 9.53 Å². The molecule has 4 nitrogen and oxygen atoms in total. The number of hydrogen-bond donors (Lipinski definition) is 2. The average molecular weight is 308 g/mol. The van der Waals surface area contributed by atoms with Crippen LogP contribution in [0.3, 0.4) is 0 Å². The highest BCUT2D eigenvalue weighted by Gasteiger charge is 2.21. The van der Waals surface area contributed by atoms with E-state index in [1.807, 2.05) is 18.2 Å². The van der Waals surface area contributed by atoms with Crippen LogP contribution in [0.1, 0.15) is 19.8 Å². The molecule has 0 aliphatic carbocycles. The van der Waals surface area contributed by atoms with Crippen molar-refractivity contribution in [1.29, 1.82) is 0 Å². The third-order valence-corrected chi connectivity index (χ3v) is 4.98. The number of rotatable bonds is 7. The number of nitrogens with one attached hydrogen (secondary N) is 2. The number of carbonyl (C=O) groups excluding carboxylic acids is 1. The van der Waals surface area contributed by atoms with Crippen molar-refractivity contribution in [2.45, 2.75) is 30.7 Å². The van der Waals surface area contributed by atoms with E-state index in [0.29, 0.717) is 5.92 Å². The van der Waals surface area contributed by atoms with Crippen molar-refractivity contribution in [3.05, 3.63) is 24.3 Å². The fourth-order valence-electron chi connectivity index (χ4n) is 2.34. The van der Waals surface area contributed by atoms with Gasteiger partial charge in [-0.05, 0) is 37.4 Å². The van der Waals surface area contributed by atoms with Gasteiger partial charge in [0, 0.05) is 17.2 Å². The van der Waals surface area contributed by atoms with E-state index in [1.54, 1.807) is 18.9 Å². The maximum atomic E-state index is 11.9. The van der Waals surface area contributed by atoms with Gasteiger partial charge in [0.25, 0.3) is 0 Å². The molecule has 1 saturated heterocycles. The second-order valence-electron chi connectivity index (χ2n) is 5.46. The summed E-state index contributed by atoms with van der Waals surface area (Å²) in [6, 6.07) is 8.04. The zero-order chi connectivity index (χ0) is 15.1. The number of carbonyl (C=O) groups is 1. The van der Waals surface area contributed by atoms with Gasteiger partial charge in [0.2, 0.25) is 5.91 Å². The molecule has 1 aromatic carbocycles. The number of hydrogen-bond acceptors (Lipinski definition) is 4. The first-order valence-electron chi connectivity index (χ1n) is 7.47. The fourth-order valence-corrected chi connectivity index (χ4v) is 3.39. The molecular formula is C16H24N2O2S. The number of methoxy groups -OCH3 is 1.